The van der Waals surface area contributed by atoms with E-state index in [0.717, 1.165) is 6.07 Å². The third-order valence-corrected chi connectivity index (χ3v) is 3.89. The first-order valence-corrected chi connectivity index (χ1v) is 7.00. The van der Waals surface area contributed by atoms with Crippen molar-refractivity contribution in [2.75, 3.05) is 5.32 Å². The molecule has 6 nitrogen and oxygen atoms in total. The van der Waals surface area contributed by atoms with Gasteiger partial charge in [-0.3, -0.25) is 14.9 Å². The zero-order valence-electron chi connectivity index (χ0n) is 10.1. The van der Waals surface area contributed by atoms with Crippen LogP contribution in [0.5, 0.6) is 0 Å². The van der Waals surface area contributed by atoms with Crippen molar-refractivity contribution < 1.29 is 9.72 Å². The molecule has 0 spiro atoms. The SMILES string of the molecule is O=C(Nc1ncccc1Br)c1cc(Cl)c(Cl)c([N+](=O)[O-])c1. The predicted octanol–water partition coefficient (Wildman–Crippen LogP) is 4.31. The van der Waals surface area contributed by atoms with Crippen LogP contribution in [0.4, 0.5) is 11.5 Å². The van der Waals surface area contributed by atoms with Crippen LogP contribution in [0.15, 0.2) is 34.9 Å². The number of benzene rings is 1. The molecule has 0 bridgehead atoms. The maximum Gasteiger partial charge on any atom is 0.290 e. The molecule has 0 saturated carbocycles. The van der Waals surface area contributed by atoms with Gasteiger partial charge in [-0.1, -0.05) is 23.2 Å². The van der Waals surface area contributed by atoms with E-state index in [1.165, 1.54) is 12.3 Å². The van der Waals surface area contributed by atoms with Crippen molar-refractivity contribution in [2.24, 2.45) is 0 Å². The lowest BCUT2D eigenvalue weighted by Crippen LogP contribution is -2.13. The van der Waals surface area contributed by atoms with Crippen LogP contribution in [0.25, 0.3) is 0 Å². The van der Waals surface area contributed by atoms with E-state index in [0.29, 0.717) is 4.47 Å². The van der Waals surface area contributed by atoms with Gasteiger partial charge < -0.3 is 5.32 Å². The number of nitro benzene ring substituents is 1. The number of halogens is 3. The summed E-state index contributed by atoms with van der Waals surface area (Å²) in [4.78, 5) is 26.2. The lowest BCUT2D eigenvalue weighted by atomic mass is 10.2. The molecule has 0 aliphatic heterocycles. The molecule has 0 aliphatic rings. The first-order chi connectivity index (χ1) is 9.90. The monoisotopic (exact) mass is 389 g/mol. The van der Waals surface area contributed by atoms with E-state index >= 15 is 0 Å². The standard InChI is InChI=1S/C12H6BrCl2N3O3/c13-7-2-1-3-16-11(7)17-12(19)6-4-8(14)10(15)9(5-6)18(20)21/h1-5H,(H,16,17,19). The summed E-state index contributed by atoms with van der Waals surface area (Å²) in [6, 6.07) is 5.69. The van der Waals surface area contributed by atoms with Crippen LogP contribution in [-0.2, 0) is 0 Å². The van der Waals surface area contributed by atoms with Crippen LogP contribution >= 0.6 is 39.1 Å². The number of carbonyl (C=O) groups is 1. The Bertz CT molecular complexity index is 740. The van der Waals surface area contributed by atoms with Crippen molar-refractivity contribution in [3.63, 3.8) is 0 Å². The van der Waals surface area contributed by atoms with E-state index in [9.17, 15) is 14.9 Å². The largest absolute Gasteiger partial charge is 0.306 e. The summed E-state index contributed by atoms with van der Waals surface area (Å²) in [6.07, 6.45) is 1.50. The Morgan fingerprint density at radius 3 is 2.71 bits per heavy atom. The third-order valence-electron chi connectivity index (χ3n) is 2.46. The Balaban J connectivity index is 2.36. The second-order valence-electron chi connectivity index (χ2n) is 3.84. The van der Waals surface area contributed by atoms with Crippen molar-refractivity contribution in [1.82, 2.24) is 4.98 Å². The minimum atomic E-state index is -0.707. The zero-order chi connectivity index (χ0) is 15.6. The van der Waals surface area contributed by atoms with Gasteiger partial charge in [0.25, 0.3) is 11.6 Å². The molecule has 1 aromatic heterocycles. The zero-order valence-corrected chi connectivity index (χ0v) is 13.2. The van der Waals surface area contributed by atoms with Gasteiger partial charge in [-0.05, 0) is 34.1 Å². The molecule has 108 valence electrons. The number of carbonyl (C=O) groups excluding carboxylic acids is 1. The molecule has 1 amide bonds. The first kappa shape index (κ1) is 15.7. The van der Waals surface area contributed by atoms with E-state index in [1.807, 2.05) is 0 Å². The summed E-state index contributed by atoms with van der Waals surface area (Å²) < 4.78 is 0.577. The molecule has 0 atom stereocenters. The topological polar surface area (TPSA) is 85.1 Å². The molecule has 0 saturated heterocycles. The lowest BCUT2D eigenvalue weighted by molar-refractivity contribution is -0.384. The van der Waals surface area contributed by atoms with Gasteiger partial charge in [0.1, 0.15) is 10.8 Å². The van der Waals surface area contributed by atoms with Gasteiger partial charge in [0, 0.05) is 17.8 Å². The first-order valence-electron chi connectivity index (χ1n) is 5.45. The maximum atomic E-state index is 12.1. The lowest BCUT2D eigenvalue weighted by Gasteiger charge is -2.07. The minimum Gasteiger partial charge on any atom is -0.306 e. The highest BCUT2D eigenvalue weighted by Crippen LogP contribution is 2.33. The highest BCUT2D eigenvalue weighted by atomic mass is 79.9. The van der Waals surface area contributed by atoms with Crippen LogP contribution in [0.3, 0.4) is 0 Å². The number of nitro groups is 1. The average molecular weight is 391 g/mol. The summed E-state index contributed by atoms with van der Waals surface area (Å²) in [7, 11) is 0. The van der Waals surface area contributed by atoms with E-state index < -0.39 is 16.5 Å². The molecular formula is C12H6BrCl2N3O3. The number of pyridine rings is 1. The quantitative estimate of drug-likeness (QED) is 0.624. The van der Waals surface area contributed by atoms with Gasteiger partial charge in [-0.15, -0.1) is 0 Å². The number of aromatic nitrogens is 1. The van der Waals surface area contributed by atoms with Gasteiger partial charge >= 0.3 is 0 Å². The minimum absolute atomic E-state index is 0.00801. The normalized spacial score (nSPS) is 10.2. The highest BCUT2D eigenvalue weighted by Gasteiger charge is 2.20. The van der Waals surface area contributed by atoms with Crippen LogP contribution in [-0.4, -0.2) is 15.8 Å². The number of rotatable bonds is 3. The molecule has 0 aliphatic carbocycles. The second kappa shape index (κ2) is 6.38. The van der Waals surface area contributed by atoms with Gasteiger partial charge in [-0.25, -0.2) is 4.98 Å². The Morgan fingerprint density at radius 2 is 2.10 bits per heavy atom. The number of hydrogen-bond acceptors (Lipinski definition) is 4. The van der Waals surface area contributed by atoms with Gasteiger partial charge in [0.15, 0.2) is 0 Å². The van der Waals surface area contributed by atoms with Gasteiger partial charge in [0.05, 0.1) is 14.4 Å². The molecule has 0 unspecified atom stereocenters. The fourth-order valence-corrected chi connectivity index (χ4v) is 2.24. The number of amides is 1. The predicted molar refractivity (Wildman–Crippen MR) is 83.0 cm³/mol. The van der Waals surface area contributed by atoms with Gasteiger partial charge in [-0.2, -0.15) is 0 Å². The molecule has 1 aromatic carbocycles. The molecule has 0 radical (unpaired) electrons. The molecule has 1 N–H and O–H groups in total. The smallest absolute Gasteiger partial charge is 0.290 e. The molecule has 9 heteroatoms. The number of anilines is 1. The summed E-state index contributed by atoms with van der Waals surface area (Å²) >= 11 is 14.8. The second-order valence-corrected chi connectivity index (χ2v) is 5.48. The maximum absolute atomic E-state index is 12.1. The van der Waals surface area contributed by atoms with Crippen LogP contribution < -0.4 is 5.32 Å². The van der Waals surface area contributed by atoms with Crippen LogP contribution in [0.2, 0.25) is 10.0 Å². The van der Waals surface area contributed by atoms with E-state index in [4.69, 9.17) is 23.2 Å². The van der Waals surface area contributed by atoms with Crippen molar-refractivity contribution >= 4 is 56.5 Å². The van der Waals surface area contributed by atoms with Crippen LogP contribution in [0, 0.1) is 10.1 Å². The van der Waals surface area contributed by atoms with E-state index in [-0.39, 0.29) is 21.4 Å². The summed E-state index contributed by atoms with van der Waals surface area (Å²) in [6.45, 7) is 0. The molecule has 0 fully saturated rings. The van der Waals surface area contributed by atoms with E-state index in [2.05, 4.69) is 26.2 Å². The Labute approximate surface area is 137 Å². The Kier molecular flexibility index (Phi) is 4.76. The van der Waals surface area contributed by atoms with Crippen LogP contribution in [0.1, 0.15) is 10.4 Å². The number of nitrogens with zero attached hydrogens (tertiary/aromatic N) is 2. The fourth-order valence-electron chi connectivity index (χ4n) is 1.50. The van der Waals surface area contributed by atoms with Crippen molar-refractivity contribution in [3.8, 4) is 0 Å². The fraction of sp³-hybridized carbons (Fsp3) is 0. The summed E-state index contributed by atoms with van der Waals surface area (Å²) in [5.41, 5.74) is -0.428. The molecule has 21 heavy (non-hydrogen) atoms. The number of nitrogens with one attached hydrogen (secondary N) is 1. The molecule has 1 heterocycles. The Hall–Kier alpha value is -1.70. The van der Waals surface area contributed by atoms with Crippen molar-refractivity contribution in [1.29, 1.82) is 0 Å². The number of hydrogen-bond donors (Lipinski definition) is 1. The molecule has 2 aromatic rings. The van der Waals surface area contributed by atoms with Crippen molar-refractivity contribution in [3.05, 3.63) is 60.7 Å². The molecule has 2 rings (SSSR count). The third kappa shape index (κ3) is 3.49. The summed E-state index contributed by atoms with van der Waals surface area (Å²) in [5, 5.41) is 13.1. The average Bonchev–Trinajstić information content (AvgIpc) is 2.43. The summed E-state index contributed by atoms with van der Waals surface area (Å²) in [5.74, 6) is -0.299. The Morgan fingerprint density at radius 1 is 1.38 bits per heavy atom. The highest BCUT2D eigenvalue weighted by molar-refractivity contribution is 9.10. The van der Waals surface area contributed by atoms with Gasteiger partial charge in [0.2, 0.25) is 0 Å². The van der Waals surface area contributed by atoms with Crippen molar-refractivity contribution in [2.45, 2.75) is 0 Å². The van der Waals surface area contributed by atoms with E-state index in [1.54, 1.807) is 12.1 Å². The molecular weight excluding hydrogens is 385 g/mol.